The van der Waals surface area contributed by atoms with E-state index in [1.807, 2.05) is 54.7 Å². The molecule has 4 nitrogen and oxygen atoms in total. The Morgan fingerprint density at radius 2 is 1.64 bits per heavy atom. The van der Waals surface area contributed by atoms with Crippen molar-refractivity contribution >= 4 is 11.0 Å². The van der Waals surface area contributed by atoms with Gasteiger partial charge in [0.2, 0.25) is 0 Å². The zero-order valence-electron chi connectivity index (χ0n) is 11.9. The van der Waals surface area contributed by atoms with Crippen LogP contribution in [0.5, 0.6) is 0 Å². The Kier molecular flexibility index (Phi) is 3.12. The second-order valence-corrected chi connectivity index (χ2v) is 5.07. The van der Waals surface area contributed by atoms with E-state index in [4.69, 9.17) is 4.98 Å². The van der Waals surface area contributed by atoms with Crippen LogP contribution in [0.4, 0.5) is 0 Å². The number of para-hydroxylation sites is 2. The van der Waals surface area contributed by atoms with Crippen LogP contribution in [0.2, 0.25) is 0 Å². The molecule has 0 aliphatic heterocycles. The van der Waals surface area contributed by atoms with Gasteiger partial charge in [0, 0.05) is 24.2 Å². The second kappa shape index (κ2) is 5.41. The molecule has 1 aromatic carbocycles. The maximum atomic E-state index is 4.79. The van der Waals surface area contributed by atoms with Crippen molar-refractivity contribution in [3.63, 3.8) is 0 Å². The van der Waals surface area contributed by atoms with Gasteiger partial charge in [0.1, 0.15) is 5.82 Å². The highest BCUT2D eigenvalue weighted by molar-refractivity contribution is 5.80. The molecule has 0 radical (unpaired) electrons. The van der Waals surface area contributed by atoms with Crippen LogP contribution in [0.3, 0.4) is 0 Å². The summed E-state index contributed by atoms with van der Waals surface area (Å²) in [5.74, 6) is 0.939. The molecule has 106 valence electrons. The van der Waals surface area contributed by atoms with Gasteiger partial charge in [-0.2, -0.15) is 0 Å². The first-order valence-corrected chi connectivity index (χ1v) is 7.17. The quantitative estimate of drug-likeness (QED) is 0.578. The van der Waals surface area contributed by atoms with Crippen LogP contribution in [0.1, 0.15) is 5.69 Å². The number of aromatic nitrogens is 4. The summed E-state index contributed by atoms with van der Waals surface area (Å²) in [5.41, 5.74) is 4.17. The fraction of sp³-hybridized carbons (Fsp3) is 0.0556. The average molecular weight is 286 g/mol. The minimum Gasteiger partial charge on any atom is -0.318 e. The third kappa shape index (κ3) is 2.24. The maximum absolute atomic E-state index is 4.79. The van der Waals surface area contributed by atoms with Crippen molar-refractivity contribution < 1.29 is 0 Å². The highest BCUT2D eigenvalue weighted by atomic mass is 15.1. The lowest BCUT2D eigenvalue weighted by molar-refractivity contribution is 0.806. The van der Waals surface area contributed by atoms with Gasteiger partial charge in [-0.3, -0.25) is 9.97 Å². The van der Waals surface area contributed by atoms with Crippen molar-refractivity contribution in [1.82, 2.24) is 19.5 Å². The van der Waals surface area contributed by atoms with Gasteiger partial charge in [-0.15, -0.1) is 0 Å². The topological polar surface area (TPSA) is 43.6 Å². The van der Waals surface area contributed by atoms with E-state index in [0.717, 1.165) is 28.1 Å². The van der Waals surface area contributed by atoms with Crippen LogP contribution in [0, 0.1) is 0 Å². The third-order valence-corrected chi connectivity index (χ3v) is 3.64. The summed E-state index contributed by atoms with van der Waals surface area (Å²) >= 11 is 0. The molecule has 0 saturated heterocycles. The molecule has 0 fully saturated rings. The van der Waals surface area contributed by atoms with E-state index in [1.165, 1.54) is 0 Å². The first kappa shape index (κ1) is 12.7. The Balaban J connectivity index is 1.91. The molecule has 3 aromatic heterocycles. The maximum Gasteiger partial charge on any atom is 0.141 e. The zero-order valence-corrected chi connectivity index (χ0v) is 11.9. The largest absolute Gasteiger partial charge is 0.318 e. The Morgan fingerprint density at radius 1 is 0.818 bits per heavy atom. The predicted octanol–water partition coefficient (Wildman–Crippen LogP) is 3.54. The SMILES string of the molecule is c1ccc(Cn2c(-c3ccncc3)nc3ccccc32)nc1. The van der Waals surface area contributed by atoms with E-state index in [2.05, 4.69) is 20.6 Å². The molecule has 0 spiro atoms. The van der Waals surface area contributed by atoms with Crippen molar-refractivity contribution in [3.8, 4) is 11.4 Å². The van der Waals surface area contributed by atoms with Crippen LogP contribution >= 0.6 is 0 Å². The van der Waals surface area contributed by atoms with E-state index in [0.29, 0.717) is 6.54 Å². The summed E-state index contributed by atoms with van der Waals surface area (Å²) in [6.45, 7) is 0.693. The molecule has 0 atom stereocenters. The summed E-state index contributed by atoms with van der Waals surface area (Å²) in [6.07, 6.45) is 5.40. The zero-order chi connectivity index (χ0) is 14.8. The van der Waals surface area contributed by atoms with Crippen molar-refractivity contribution in [2.45, 2.75) is 6.54 Å². The lowest BCUT2D eigenvalue weighted by Gasteiger charge is -2.08. The standard InChI is InChI=1S/C18H14N4/c1-2-7-17-16(6-1)21-18(14-8-11-19-12-9-14)22(17)13-15-5-3-4-10-20-15/h1-12H,13H2. The summed E-state index contributed by atoms with van der Waals surface area (Å²) in [7, 11) is 0. The van der Waals surface area contributed by atoms with Crippen LogP contribution in [-0.2, 0) is 6.54 Å². The van der Waals surface area contributed by atoms with Gasteiger partial charge in [-0.25, -0.2) is 4.98 Å². The third-order valence-electron chi connectivity index (χ3n) is 3.64. The lowest BCUT2D eigenvalue weighted by Crippen LogP contribution is -2.03. The minimum atomic E-state index is 0.693. The van der Waals surface area contributed by atoms with E-state index >= 15 is 0 Å². The van der Waals surface area contributed by atoms with E-state index in [1.54, 1.807) is 12.4 Å². The Hall–Kier alpha value is -3.01. The molecule has 0 bridgehead atoms. The normalized spacial score (nSPS) is 10.9. The first-order chi connectivity index (χ1) is 10.9. The number of rotatable bonds is 3. The molecule has 4 aromatic rings. The number of hydrogen-bond donors (Lipinski definition) is 0. The molecular formula is C18H14N4. The molecule has 4 rings (SSSR count). The molecule has 0 saturated carbocycles. The smallest absolute Gasteiger partial charge is 0.141 e. The molecular weight excluding hydrogens is 272 g/mol. The van der Waals surface area contributed by atoms with Crippen LogP contribution in [-0.4, -0.2) is 19.5 Å². The Labute approximate surface area is 128 Å². The molecule has 0 aliphatic carbocycles. The minimum absolute atomic E-state index is 0.693. The molecule has 0 unspecified atom stereocenters. The van der Waals surface area contributed by atoms with Crippen molar-refractivity contribution in [2.24, 2.45) is 0 Å². The molecule has 22 heavy (non-hydrogen) atoms. The van der Waals surface area contributed by atoms with Crippen molar-refractivity contribution in [3.05, 3.63) is 78.9 Å². The number of benzene rings is 1. The van der Waals surface area contributed by atoms with Crippen molar-refractivity contribution in [1.29, 1.82) is 0 Å². The van der Waals surface area contributed by atoms with E-state index < -0.39 is 0 Å². The Morgan fingerprint density at radius 3 is 2.45 bits per heavy atom. The van der Waals surface area contributed by atoms with E-state index in [-0.39, 0.29) is 0 Å². The summed E-state index contributed by atoms with van der Waals surface area (Å²) < 4.78 is 2.20. The fourth-order valence-corrected chi connectivity index (χ4v) is 2.61. The van der Waals surface area contributed by atoms with Gasteiger partial charge in [-0.1, -0.05) is 18.2 Å². The lowest BCUT2D eigenvalue weighted by atomic mass is 10.2. The summed E-state index contributed by atoms with van der Waals surface area (Å²) in [6, 6.07) is 18.1. The van der Waals surface area contributed by atoms with Gasteiger partial charge in [-0.05, 0) is 36.4 Å². The van der Waals surface area contributed by atoms with Crippen LogP contribution in [0.15, 0.2) is 73.2 Å². The number of imidazole rings is 1. The van der Waals surface area contributed by atoms with E-state index in [9.17, 15) is 0 Å². The summed E-state index contributed by atoms with van der Waals surface area (Å²) in [4.78, 5) is 13.3. The first-order valence-electron chi connectivity index (χ1n) is 7.17. The number of fused-ring (bicyclic) bond motifs is 1. The van der Waals surface area contributed by atoms with Gasteiger partial charge in [0.15, 0.2) is 0 Å². The molecule has 0 N–H and O–H groups in total. The van der Waals surface area contributed by atoms with Gasteiger partial charge in [0.05, 0.1) is 23.3 Å². The second-order valence-electron chi connectivity index (χ2n) is 5.07. The number of pyridine rings is 2. The van der Waals surface area contributed by atoms with Gasteiger partial charge >= 0.3 is 0 Å². The highest BCUT2D eigenvalue weighted by Gasteiger charge is 2.12. The van der Waals surface area contributed by atoms with Crippen LogP contribution in [0.25, 0.3) is 22.4 Å². The molecule has 3 heterocycles. The highest BCUT2D eigenvalue weighted by Crippen LogP contribution is 2.25. The number of nitrogens with zero attached hydrogens (tertiary/aromatic N) is 4. The average Bonchev–Trinajstić information content (AvgIpc) is 2.95. The molecule has 4 heteroatoms. The Bertz CT molecular complexity index is 898. The molecule has 0 aliphatic rings. The fourth-order valence-electron chi connectivity index (χ4n) is 2.61. The van der Waals surface area contributed by atoms with Crippen molar-refractivity contribution in [2.75, 3.05) is 0 Å². The summed E-state index contributed by atoms with van der Waals surface area (Å²) in [5, 5.41) is 0. The van der Waals surface area contributed by atoms with Crippen LogP contribution < -0.4 is 0 Å². The molecule has 0 amide bonds. The van der Waals surface area contributed by atoms with Gasteiger partial charge < -0.3 is 4.57 Å². The predicted molar refractivity (Wildman–Crippen MR) is 86.3 cm³/mol. The monoisotopic (exact) mass is 286 g/mol. The van der Waals surface area contributed by atoms with Gasteiger partial charge in [0.25, 0.3) is 0 Å². The number of hydrogen-bond acceptors (Lipinski definition) is 3.